The van der Waals surface area contributed by atoms with E-state index in [1.807, 2.05) is 59.0 Å². The predicted molar refractivity (Wildman–Crippen MR) is 140 cm³/mol. The molecule has 1 aliphatic rings. The molecule has 0 saturated heterocycles. The third-order valence-electron chi connectivity index (χ3n) is 6.12. The molecule has 1 atom stereocenters. The molecule has 35 heavy (non-hydrogen) atoms. The van der Waals surface area contributed by atoms with Crippen molar-refractivity contribution in [3.8, 4) is 11.5 Å². The molecule has 0 fully saturated rings. The number of nitrogens with one attached hydrogen (secondary N) is 1. The molecule has 1 aliphatic carbocycles. The number of carbonyl (C=O) groups is 1. The third kappa shape index (κ3) is 4.49. The van der Waals surface area contributed by atoms with E-state index >= 15 is 0 Å². The van der Waals surface area contributed by atoms with Crippen LogP contribution in [0.5, 0.6) is 11.5 Å². The molecule has 5 aromatic rings. The first kappa shape index (κ1) is 22.1. The van der Waals surface area contributed by atoms with Gasteiger partial charge in [-0.1, -0.05) is 36.9 Å². The number of aromatic nitrogens is 4. The Labute approximate surface area is 210 Å². The number of hydrogen-bond donors (Lipinski definition) is 1. The lowest BCUT2D eigenvalue weighted by molar-refractivity contribution is -0.113. The number of rotatable bonds is 6. The topological polar surface area (TPSA) is 81.4 Å². The Morgan fingerprint density at radius 1 is 1.14 bits per heavy atom. The van der Waals surface area contributed by atoms with Crippen LogP contribution in [0.1, 0.15) is 23.8 Å². The average Bonchev–Trinajstić information content (AvgIpc) is 3.45. The van der Waals surface area contributed by atoms with E-state index in [2.05, 4.69) is 27.4 Å². The second-order valence-corrected chi connectivity index (χ2v) is 10.8. The van der Waals surface area contributed by atoms with Gasteiger partial charge in [-0.05, 0) is 67.1 Å². The largest absolute Gasteiger partial charge is 0.457 e. The molecular formula is C26H23N5O2S2. The van der Waals surface area contributed by atoms with E-state index in [0.29, 0.717) is 22.5 Å². The summed E-state index contributed by atoms with van der Waals surface area (Å²) >= 11 is 3.13. The van der Waals surface area contributed by atoms with Crippen molar-refractivity contribution in [2.45, 2.75) is 31.3 Å². The molecule has 6 rings (SSSR count). The summed E-state index contributed by atoms with van der Waals surface area (Å²) in [5, 5.41) is 13.5. The molecule has 7 nitrogen and oxygen atoms in total. The Morgan fingerprint density at radius 2 is 1.94 bits per heavy atom. The lowest BCUT2D eigenvalue weighted by Gasteiger charge is -2.17. The highest BCUT2D eigenvalue weighted by Gasteiger charge is 2.24. The van der Waals surface area contributed by atoms with Crippen molar-refractivity contribution < 1.29 is 9.53 Å². The smallest absolute Gasteiger partial charge is 0.234 e. The van der Waals surface area contributed by atoms with Gasteiger partial charge in [0.05, 0.1) is 11.1 Å². The lowest BCUT2D eigenvalue weighted by Crippen LogP contribution is -2.14. The molecule has 1 N–H and O–H groups in total. The van der Waals surface area contributed by atoms with Gasteiger partial charge in [0.15, 0.2) is 10.8 Å². The van der Waals surface area contributed by atoms with Gasteiger partial charge in [0.2, 0.25) is 5.91 Å². The zero-order valence-corrected chi connectivity index (χ0v) is 20.7. The number of hydrogen-bond acceptors (Lipinski definition) is 7. The SMILES string of the molecule is C[C@@H]1CCc2c(sc3ncn4c(SCC(=O)Nc5ccc(Oc6ccccc6)cc5)nnc4c23)C1. The Kier molecular flexibility index (Phi) is 5.87. The van der Waals surface area contributed by atoms with E-state index in [9.17, 15) is 4.79 Å². The van der Waals surface area contributed by atoms with Gasteiger partial charge in [-0.2, -0.15) is 0 Å². The summed E-state index contributed by atoms with van der Waals surface area (Å²) in [5.41, 5.74) is 2.92. The number of anilines is 1. The normalized spacial score (nSPS) is 15.3. The number of nitrogens with zero attached hydrogens (tertiary/aromatic N) is 4. The number of thioether (sulfide) groups is 1. The molecule has 3 heterocycles. The molecule has 0 aliphatic heterocycles. The van der Waals surface area contributed by atoms with E-state index in [4.69, 9.17) is 4.74 Å². The van der Waals surface area contributed by atoms with Crippen LogP contribution in [0.3, 0.4) is 0 Å². The quantitative estimate of drug-likeness (QED) is 0.288. The summed E-state index contributed by atoms with van der Waals surface area (Å²) in [6.07, 6.45) is 5.13. The van der Waals surface area contributed by atoms with E-state index in [1.165, 1.54) is 28.6 Å². The number of ether oxygens (including phenoxy) is 1. The van der Waals surface area contributed by atoms with Crippen molar-refractivity contribution in [2.24, 2.45) is 5.92 Å². The molecule has 0 radical (unpaired) electrons. The van der Waals surface area contributed by atoms with E-state index in [0.717, 1.165) is 34.5 Å². The third-order valence-corrected chi connectivity index (χ3v) is 8.23. The summed E-state index contributed by atoms with van der Waals surface area (Å²) in [6, 6.07) is 16.9. The maximum atomic E-state index is 12.6. The second-order valence-electron chi connectivity index (χ2n) is 8.73. The monoisotopic (exact) mass is 501 g/mol. The molecule has 9 heteroatoms. The van der Waals surface area contributed by atoms with Gasteiger partial charge in [-0.3, -0.25) is 9.20 Å². The minimum Gasteiger partial charge on any atom is -0.457 e. The molecule has 176 valence electrons. The standard InChI is InChI=1S/C26H23N5O2S2/c1-16-7-12-20-21(13-16)35-25-23(20)24-29-30-26(31(24)15-27-25)34-14-22(32)28-17-8-10-19(11-9-17)33-18-5-3-2-4-6-18/h2-6,8-11,15-16H,7,12-14H2,1H3,(H,28,32)/t16-/m1/s1. The molecular weight excluding hydrogens is 478 g/mol. The summed E-state index contributed by atoms with van der Waals surface area (Å²) < 4.78 is 7.70. The van der Waals surface area contributed by atoms with Crippen LogP contribution in [0.4, 0.5) is 5.69 Å². The first-order chi connectivity index (χ1) is 17.1. The van der Waals surface area contributed by atoms with Gasteiger partial charge in [0.25, 0.3) is 0 Å². The fourth-order valence-electron chi connectivity index (χ4n) is 4.38. The first-order valence-electron chi connectivity index (χ1n) is 11.5. The van der Waals surface area contributed by atoms with Crippen molar-refractivity contribution in [1.82, 2.24) is 19.6 Å². The second kappa shape index (κ2) is 9.31. The maximum Gasteiger partial charge on any atom is 0.234 e. The number of thiophene rings is 1. The summed E-state index contributed by atoms with van der Waals surface area (Å²) in [4.78, 5) is 19.7. The summed E-state index contributed by atoms with van der Waals surface area (Å²) in [5.74, 6) is 2.30. The number of fused-ring (bicyclic) bond motifs is 5. The molecule has 0 unspecified atom stereocenters. The van der Waals surface area contributed by atoms with Crippen LogP contribution in [0.2, 0.25) is 0 Å². The van der Waals surface area contributed by atoms with Crippen LogP contribution >= 0.6 is 23.1 Å². The Bertz CT molecular complexity index is 1510. The first-order valence-corrected chi connectivity index (χ1v) is 13.3. The fourth-order valence-corrected chi connectivity index (χ4v) is 6.42. The molecule has 0 spiro atoms. The predicted octanol–water partition coefficient (Wildman–Crippen LogP) is 5.99. The Hall–Kier alpha value is -3.43. The molecule has 2 aromatic carbocycles. The average molecular weight is 502 g/mol. The molecule has 1 amide bonds. The van der Waals surface area contributed by atoms with Gasteiger partial charge >= 0.3 is 0 Å². The van der Waals surface area contributed by atoms with Crippen LogP contribution in [0, 0.1) is 5.92 Å². The number of aryl methyl sites for hydroxylation is 1. The summed E-state index contributed by atoms with van der Waals surface area (Å²) in [6.45, 7) is 2.31. The van der Waals surface area contributed by atoms with E-state index < -0.39 is 0 Å². The van der Waals surface area contributed by atoms with Crippen molar-refractivity contribution in [3.05, 3.63) is 71.4 Å². The zero-order valence-electron chi connectivity index (χ0n) is 19.1. The van der Waals surface area contributed by atoms with Crippen LogP contribution in [0.25, 0.3) is 15.9 Å². The molecule has 0 saturated carbocycles. The van der Waals surface area contributed by atoms with Gasteiger partial charge < -0.3 is 10.1 Å². The van der Waals surface area contributed by atoms with Crippen LogP contribution in [0.15, 0.2) is 66.1 Å². The van der Waals surface area contributed by atoms with Crippen LogP contribution in [-0.4, -0.2) is 31.2 Å². The van der Waals surface area contributed by atoms with Crippen molar-refractivity contribution in [1.29, 1.82) is 0 Å². The van der Waals surface area contributed by atoms with Gasteiger partial charge in [-0.25, -0.2) is 4.98 Å². The zero-order chi connectivity index (χ0) is 23.8. The summed E-state index contributed by atoms with van der Waals surface area (Å²) in [7, 11) is 0. The van der Waals surface area contributed by atoms with Crippen LogP contribution in [-0.2, 0) is 17.6 Å². The van der Waals surface area contributed by atoms with Gasteiger partial charge in [0, 0.05) is 10.6 Å². The van der Waals surface area contributed by atoms with E-state index in [1.54, 1.807) is 17.7 Å². The van der Waals surface area contributed by atoms with Crippen LogP contribution < -0.4 is 10.1 Å². The Morgan fingerprint density at radius 3 is 2.77 bits per heavy atom. The minimum atomic E-state index is -0.112. The number of para-hydroxylation sites is 1. The Balaban J connectivity index is 1.12. The fraction of sp³-hybridized carbons (Fsp3) is 0.231. The van der Waals surface area contributed by atoms with Crippen molar-refractivity contribution in [2.75, 3.05) is 11.1 Å². The molecule has 3 aromatic heterocycles. The highest BCUT2D eigenvalue weighted by Crippen LogP contribution is 2.39. The number of benzene rings is 2. The highest BCUT2D eigenvalue weighted by molar-refractivity contribution is 7.99. The van der Waals surface area contributed by atoms with Gasteiger partial charge in [-0.15, -0.1) is 21.5 Å². The lowest BCUT2D eigenvalue weighted by atomic mass is 9.89. The van der Waals surface area contributed by atoms with Gasteiger partial charge in [0.1, 0.15) is 22.7 Å². The number of carbonyl (C=O) groups excluding carboxylic acids is 1. The van der Waals surface area contributed by atoms with Crippen molar-refractivity contribution >= 4 is 50.6 Å². The minimum absolute atomic E-state index is 0.112. The highest BCUT2D eigenvalue weighted by atomic mass is 32.2. The van der Waals surface area contributed by atoms with E-state index in [-0.39, 0.29) is 11.7 Å². The number of amides is 1. The van der Waals surface area contributed by atoms with Crippen molar-refractivity contribution in [3.63, 3.8) is 0 Å². The maximum absolute atomic E-state index is 12.6. The molecule has 0 bridgehead atoms.